The summed E-state index contributed by atoms with van der Waals surface area (Å²) < 4.78 is 6.06. The van der Waals surface area contributed by atoms with Gasteiger partial charge in [0.25, 0.3) is 0 Å². The van der Waals surface area contributed by atoms with Crippen LogP contribution in [0.3, 0.4) is 0 Å². The summed E-state index contributed by atoms with van der Waals surface area (Å²) >= 11 is 0. The first-order chi connectivity index (χ1) is 17.2. The SMILES string of the molecule is Cc1cc(COc2ccc(C3(N)CCN([C@@H](CC(=O)NO)CC(C)C)C3=O)cc2)c2ccccc2n1. The van der Waals surface area contributed by atoms with Crippen molar-refractivity contribution >= 4 is 22.7 Å². The number of carbonyl (C=O) groups is 2. The van der Waals surface area contributed by atoms with E-state index in [1.807, 2.05) is 75.4 Å². The number of pyridine rings is 1. The summed E-state index contributed by atoms with van der Waals surface area (Å²) in [6.07, 6.45) is 1.13. The Morgan fingerprint density at radius 1 is 1.22 bits per heavy atom. The molecule has 1 fully saturated rings. The summed E-state index contributed by atoms with van der Waals surface area (Å²) in [4.78, 5) is 31.6. The molecule has 4 N–H and O–H groups in total. The van der Waals surface area contributed by atoms with Crippen LogP contribution in [-0.4, -0.2) is 39.5 Å². The summed E-state index contributed by atoms with van der Waals surface area (Å²) in [7, 11) is 0. The third-order valence-corrected chi connectivity index (χ3v) is 6.81. The number of fused-ring (bicyclic) bond motifs is 1. The van der Waals surface area contributed by atoms with Crippen LogP contribution in [0.15, 0.2) is 54.6 Å². The topological polar surface area (TPSA) is 118 Å². The minimum Gasteiger partial charge on any atom is -0.489 e. The highest BCUT2D eigenvalue weighted by molar-refractivity contribution is 5.90. The Bertz CT molecular complexity index is 1240. The number of amides is 2. The molecule has 0 spiro atoms. The van der Waals surface area contributed by atoms with Crippen molar-refractivity contribution in [3.63, 3.8) is 0 Å². The maximum absolute atomic E-state index is 13.4. The van der Waals surface area contributed by atoms with Crippen LogP contribution in [0.25, 0.3) is 10.9 Å². The zero-order valence-electron chi connectivity index (χ0n) is 21.0. The minimum absolute atomic E-state index is 0.0342. The average molecular weight is 491 g/mol. The van der Waals surface area contributed by atoms with Gasteiger partial charge < -0.3 is 15.4 Å². The van der Waals surface area contributed by atoms with Crippen molar-refractivity contribution in [2.45, 2.75) is 58.2 Å². The second-order valence-electron chi connectivity index (χ2n) is 10.00. The van der Waals surface area contributed by atoms with Gasteiger partial charge >= 0.3 is 0 Å². The molecule has 2 aromatic carbocycles. The summed E-state index contributed by atoms with van der Waals surface area (Å²) in [5, 5.41) is 10.0. The van der Waals surface area contributed by atoms with Gasteiger partial charge in [-0.25, -0.2) is 5.48 Å². The molecule has 0 saturated carbocycles. The maximum Gasteiger partial charge on any atom is 0.247 e. The van der Waals surface area contributed by atoms with Gasteiger partial charge in [-0.3, -0.25) is 19.8 Å². The number of hydrogen-bond acceptors (Lipinski definition) is 6. The number of likely N-dealkylation sites (tertiary alicyclic amines) is 1. The van der Waals surface area contributed by atoms with E-state index in [1.54, 1.807) is 10.4 Å². The van der Waals surface area contributed by atoms with Crippen LogP contribution >= 0.6 is 0 Å². The van der Waals surface area contributed by atoms with Crippen molar-refractivity contribution < 1.29 is 19.5 Å². The van der Waals surface area contributed by atoms with E-state index in [9.17, 15) is 9.59 Å². The van der Waals surface area contributed by atoms with E-state index < -0.39 is 11.4 Å². The van der Waals surface area contributed by atoms with E-state index in [2.05, 4.69) is 4.98 Å². The largest absolute Gasteiger partial charge is 0.489 e. The predicted molar refractivity (Wildman–Crippen MR) is 137 cm³/mol. The first-order valence-electron chi connectivity index (χ1n) is 12.3. The molecule has 1 saturated heterocycles. The van der Waals surface area contributed by atoms with Crippen LogP contribution in [0.4, 0.5) is 0 Å². The smallest absolute Gasteiger partial charge is 0.247 e. The number of hydrogen-bond donors (Lipinski definition) is 3. The van der Waals surface area contributed by atoms with Gasteiger partial charge in [-0.1, -0.05) is 44.2 Å². The Morgan fingerprint density at radius 2 is 1.94 bits per heavy atom. The van der Waals surface area contributed by atoms with Gasteiger partial charge in [0.05, 0.1) is 5.52 Å². The molecule has 8 heteroatoms. The van der Waals surface area contributed by atoms with Gasteiger partial charge in [0.2, 0.25) is 11.8 Å². The Morgan fingerprint density at radius 3 is 2.64 bits per heavy atom. The molecule has 2 amide bonds. The maximum atomic E-state index is 13.4. The summed E-state index contributed by atoms with van der Waals surface area (Å²) in [6, 6.07) is 17.0. The molecule has 2 heterocycles. The fourth-order valence-electron chi connectivity index (χ4n) is 5.03. The highest BCUT2D eigenvalue weighted by Gasteiger charge is 2.47. The Labute approximate surface area is 211 Å². The quantitative estimate of drug-likeness (QED) is 0.310. The minimum atomic E-state index is -1.16. The van der Waals surface area contributed by atoms with Crippen LogP contribution in [0.2, 0.25) is 0 Å². The predicted octanol–water partition coefficient (Wildman–Crippen LogP) is 3.82. The number of rotatable bonds is 9. The number of carbonyl (C=O) groups excluding carboxylic acids is 2. The second-order valence-corrected chi connectivity index (χ2v) is 10.00. The Kier molecular flexibility index (Phi) is 7.56. The van der Waals surface area contributed by atoms with Gasteiger partial charge in [0.1, 0.15) is 17.9 Å². The fraction of sp³-hybridized carbons (Fsp3) is 0.393. The van der Waals surface area contributed by atoms with Gasteiger partial charge in [-0.15, -0.1) is 0 Å². The van der Waals surface area contributed by atoms with Crippen LogP contribution in [0.5, 0.6) is 5.75 Å². The van der Waals surface area contributed by atoms with Gasteiger partial charge in [-0.2, -0.15) is 0 Å². The molecule has 1 aromatic heterocycles. The molecular weight excluding hydrogens is 456 g/mol. The van der Waals surface area contributed by atoms with E-state index >= 15 is 0 Å². The molecule has 190 valence electrons. The molecule has 1 unspecified atom stereocenters. The van der Waals surface area contributed by atoms with Crippen molar-refractivity contribution in [3.8, 4) is 5.75 Å². The standard InChI is InChI=1S/C28H34N4O4/c1-18(2)14-22(16-26(33)31-35)32-13-12-28(29,27(32)34)21-8-10-23(11-9-21)36-17-20-15-19(3)30-25-7-5-4-6-24(20)25/h4-11,15,18,22,35H,12-14,16-17,29H2,1-3H3,(H,31,33)/t22-,28?/m1/s1. The van der Waals surface area contributed by atoms with E-state index in [0.29, 0.717) is 37.3 Å². The lowest BCUT2D eigenvalue weighted by atomic mass is 9.89. The summed E-state index contributed by atoms with van der Waals surface area (Å²) in [6.45, 7) is 6.89. The lowest BCUT2D eigenvalue weighted by Gasteiger charge is -2.31. The third-order valence-electron chi connectivity index (χ3n) is 6.81. The number of nitrogens with one attached hydrogen (secondary N) is 1. The monoisotopic (exact) mass is 490 g/mol. The van der Waals surface area contributed by atoms with E-state index in [-0.39, 0.29) is 24.3 Å². The molecule has 1 aliphatic heterocycles. The lowest BCUT2D eigenvalue weighted by molar-refractivity contribution is -0.137. The highest BCUT2D eigenvalue weighted by Crippen LogP contribution is 2.35. The van der Waals surface area contributed by atoms with E-state index in [1.165, 1.54) is 0 Å². The third kappa shape index (κ3) is 5.34. The molecule has 8 nitrogen and oxygen atoms in total. The average Bonchev–Trinajstić information content (AvgIpc) is 3.17. The molecular formula is C28H34N4O4. The first-order valence-corrected chi connectivity index (χ1v) is 12.3. The second kappa shape index (κ2) is 10.6. The number of nitrogens with two attached hydrogens (primary N) is 1. The van der Waals surface area contributed by atoms with Crippen molar-refractivity contribution in [2.75, 3.05) is 6.54 Å². The normalized spacial score (nSPS) is 18.6. The molecule has 4 rings (SSSR count). The molecule has 36 heavy (non-hydrogen) atoms. The summed E-state index contributed by atoms with van der Waals surface area (Å²) in [5.74, 6) is 0.244. The number of hydroxylamine groups is 1. The lowest BCUT2D eigenvalue weighted by Crippen LogP contribution is -2.49. The van der Waals surface area contributed by atoms with Gasteiger partial charge in [0.15, 0.2) is 0 Å². The number of nitrogens with zero attached hydrogens (tertiary/aromatic N) is 2. The molecule has 3 aromatic rings. The molecule has 2 atom stereocenters. The Balaban J connectivity index is 1.47. The fourth-order valence-corrected chi connectivity index (χ4v) is 5.03. The van der Waals surface area contributed by atoms with E-state index in [0.717, 1.165) is 22.2 Å². The number of aromatic nitrogens is 1. The number of benzene rings is 2. The van der Waals surface area contributed by atoms with Crippen molar-refractivity contribution in [1.82, 2.24) is 15.4 Å². The first kappa shape index (κ1) is 25.6. The zero-order valence-corrected chi connectivity index (χ0v) is 21.0. The summed E-state index contributed by atoms with van der Waals surface area (Å²) in [5.41, 5.74) is 10.8. The molecule has 0 radical (unpaired) electrons. The number of aryl methyl sites for hydroxylation is 1. The zero-order chi connectivity index (χ0) is 25.9. The van der Waals surface area contributed by atoms with Gasteiger partial charge in [0, 0.05) is 35.7 Å². The Hall–Kier alpha value is -3.49. The van der Waals surface area contributed by atoms with Crippen LogP contribution in [-0.2, 0) is 21.7 Å². The molecule has 0 aliphatic carbocycles. The number of para-hydroxylation sites is 1. The van der Waals surface area contributed by atoms with E-state index in [4.69, 9.17) is 15.7 Å². The molecule has 1 aliphatic rings. The van der Waals surface area contributed by atoms with Crippen LogP contribution in [0.1, 0.15) is 49.9 Å². The molecule has 0 bridgehead atoms. The highest BCUT2D eigenvalue weighted by atomic mass is 16.5. The van der Waals surface area contributed by atoms with Crippen LogP contribution < -0.4 is 16.0 Å². The number of ether oxygens (including phenoxy) is 1. The van der Waals surface area contributed by atoms with Crippen molar-refractivity contribution in [3.05, 3.63) is 71.4 Å². The van der Waals surface area contributed by atoms with Crippen LogP contribution in [0, 0.1) is 12.8 Å². The van der Waals surface area contributed by atoms with Crippen molar-refractivity contribution in [2.24, 2.45) is 11.7 Å². The van der Waals surface area contributed by atoms with Crippen molar-refractivity contribution in [1.29, 1.82) is 0 Å². The van der Waals surface area contributed by atoms with Gasteiger partial charge in [-0.05, 0) is 55.5 Å².